The Hall–Kier alpha value is -6.74. The van der Waals surface area contributed by atoms with Crippen LogP contribution in [0.5, 0.6) is 28.7 Å². The number of non-ortho nitro benzene ring substituents is 1. The number of fused-ring (bicyclic) bond motifs is 1. The number of rotatable bonds is 13. The van der Waals surface area contributed by atoms with Gasteiger partial charge in [0.2, 0.25) is 0 Å². The highest BCUT2D eigenvalue weighted by molar-refractivity contribution is 5.64. The average molecular weight is 739 g/mol. The van der Waals surface area contributed by atoms with Crippen LogP contribution < -0.4 is 18.9 Å². The molecular weight excluding hydrogens is 700 g/mol. The number of nitrogens with zero attached hydrogens (tertiary/aromatic N) is 4. The number of hydrogen-bond donors (Lipinski definition) is 1. The third-order valence-electron chi connectivity index (χ3n) is 8.84. The van der Waals surface area contributed by atoms with Crippen molar-refractivity contribution in [2.45, 2.75) is 32.1 Å². The van der Waals surface area contributed by atoms with Crippen molar-refractivity contribution in [3.05, 3.63) is 161 Å². The molecule has 0 aromatic heterocycles. The molecule has 280 valence electrons. The molecule has 1 atom stereocenters. The van der Waals surface area contributed by atoms with E-state index >= 15 is 0 Å². The van der Waals surface area contributed by atoms with E-state index < -0.39 is 37.6 Å². The van der Waals surface area contributed by atoms with E-state index in [1.54, 1.807) is 14.2 Å². The fourth-order valence-corrected chi connectivity index (χ4v) is 6.00. The van der Waals surface area contributed by atoms with Crippen LogP contribution in [-0.2, 0) is 26.1 Å². The lowest BCUT2D eigenvalue weighted by Crippen LogP contribution is -2.33. The lowest BCUT2D eigenvalue weighted by atomic mass is 9.88. The number of nitro groups is 3. The molecule has 6 rings (SSSR count). The molecule has 0 radical (unpaired) electrons. The highest BCUT2D eigenvalue weighted by Crippen LogP contribution is 2.41. The van der Waals surface area contributed by atoms with Gasteiger partial charge in [-0.25, -0.2) is 0 Å². The predicted octanol–water partition coefficient (Wildman–Crippen LogP) is 7.75. The minimum atomic E-state index is -1.21. The first-order valence-corrected chi connectivity index (χ1v) is 16.7. The monoisotopic (exact) mass is 738 g/mol. The Balaban J connectivity index is 0.000000294. The summed E-state index contributed by atoms with van der Waals surface area (Å²) in [6.45, 7) is 1.98. The standard InChI is InChI=1S/C33H35NO4.C6H3N3O7/c1-34-17-16-27-20-31(36-3)33(38-23-25-12-8-5-9-13-25)21-28(27)29(34)18-26-14-15-30(35-2)32(19-26)37-22-24-10-6-4-7-11-24;10-6-4(8(13)14)1-3(7(11)12)2-5(6)9(15)16/h4-15,19-21,29H,16-18,22-23H2,1-3H3;1-2,10H. The zero-order valence-corrected chi connectivity index (χ0v) is 29.7. The van der Waals surface area contributed by atoms with Crippen molar-refractivity contribution in [2.75, 3.05) is 27.8 Å². The van der Waals surface area contributed by atoms with Gasteiger partial charge in [-0.1, -0.05) is 66.7 Å². The summed E-state index contributed by atoms with van der Waals surface area (Å²) < 4.78 is 23.8. The molecule has 15 heteroatoms. The van der Waals surface area contributed by atoms with E-state index in [1.165, 1.54) is 16.7 Å². The van der Waals surface area contributed by atoms with E-state index in [9.17, 15) is 30.3 Å². The van der Waals surface area contributed by atoms with Crippen LogP contribution in [0.15, 0.2) is 103 Å². The topological polar surface area (TPSA) is 190 Å². The Morgan fingerprint density at radius 2 is 1.20 bits per heavy atom. The number of benzene rings is 5. The molecule has 0 aliphatic carbocycles. The zero-order chi connectivity index (χ0) is 38.8. The molecule has 0 fully saturated rings. The molecule has 0 saturated heterocycles. The van der Waals surface area contributed by atoms with Crippen molar-refractivity contribution in [3.8, 4) is 28.7 Å². The number of methoxy groups -OCH3 is 2. The zero-order valence-electron chi connectivity index (χ0n) is 29.7. The molecule has 0 amide bonds. The number of phenolic OH excluding ortho intramolecular Hbond substituents is 1. The number of aromatic hydroxyl groups is 1. The fourth-order valence-electron chi connectivity index (χ4n) is 6.00. The Morgan fingerprint density at radius 3 is 1.70 bits per heavy atom. The van der Waals surface area contributed by atoms with Crippen LogP contribution in [0, 0.1) is 30.3 Å². The average Bonchev–Trinajstić information content (AvgIpc) is 3.18. The Kier molecular flexibility index (Phi) is 12.6. The fraction of sp³-hybridized carbons (Fsp3) is 0.231. The van der Waals surface area contributed by atoms with Gasteiger partial charge < -0.3 is 24.1 Å². The summed E-state index contributed by atoms with van der Waals surface area (Å²) in [7, 11) is 5.58. The molecular formula is C39H38N4O11. The van der Waals surface area contributed by atoms with E-state index in [0.717, 1.165) is 53.5 Å². The number of likely N-dealkylation sites (N-methyl/N-ethyl adjacent to an activating group) is 1. The molecule has 0 spiro atoms. The van der Waals surface area contributed by atoms with Crippen LogP contribution in [-0.4, -0.2) is 52.6 Å². The van der Waals surface area contributed by atoms with Gasteiger partial charge in [0.05, 0.1) is 41.1 Å². The summed E-state index contributed by atoms with van der Waals surface area (Å²) in [6.07, 6.45) is 1.82. The van der Waals surface area contributed by atoms with Gasteiger partial charge in [-0.05, 0) is 72.0 Å². The molecule has 54 heavy (non-hydrogen) atoms. The second-order valence-electron chi connectivity index (χ2n) is 12.3. The molecule has 15 nitrogen and oxygen atoms in total. The largest absolute Gasteiger partial charge is 0.497 e. The first-order chi connectivity index (χ1) is 26.0. The van der Waals surface area contributed by atoms with Gasteiger partial charge in [0.25, 0.3) is 11.4 Å². The van der Waals surface area contributed by atoms with Gasteiger partial charge in [0.15, 0.2) is 23.0 Å². The molecule has 1 heterocycles. The van der Waals surface area contributed by atoms with E-state index in [4.69, 9.17) is 24.1 Å². The summed E-state index contributed by atoms with van der Waals surface area (Å²) in [5.74, 6) is 1.85. The molecule has 1 aliphatic heterocycles. The summed E-state index contributed by atoms with van der Waals surface area (Å²) in [6, 6.07) is 32.1. The molecule has 1 unspecified atom stereocenters. The van der Waals surface area contributed by atoms with Gasteiger partial charge in [-0.3, -0.25) is 35.2 Å². The quantitative estimate of drug-likeness (QED) is 0.0914. The van der Waals surface area contributed by atoms with Crippen molar-refractivity contribution in [3.63, 3.8) is 0 Å². The van der Waals surface area contributed by atoms with Crippen molar-refractivity contribution in [1.82, 2.24) is 4.90 Å². The molecule has 1 N–H and O–H groups in total. The van der Waals surface area contributed by atoms with Crippen LogP contribution in [0.1, 0.15) is 33.9 Å². The Bertz CT molecular complexity index is 2080. The van der Waals surface area contributed by atoms with Crippen molar-refractivity contribution >= 4 is 17.1 Å². The van der Waals surface area contributed by atoms with E-state index in [2.05, 4.69) is 60.5 Å². The maximum absolute atomic E-state index is 10.4. The van der Waals surface area contributed by atoms with Crippen LogP contribution in [0.25, 0.3) is 0 Å². The second-order valence-corrected chi connectivity index (χ2v) is 12.3. The van der Waals surface area contributed by atoms with Crippen LogP contribution in [0.3, 0.4) is 0 Å². The highest BCUT2D eigenvalue weighted by Gasteiger charge is 2.30. The van der Waals surface area contributed by atoms with E-state index in [0.29, 0.717) is 25.3 Å². The SMILES string of the molecule is COc1ccc(CC2c3cc(OCc4ccccc4)c(OC)cc3CCN2C)cc1OCc1ccccc1.O=[N+]([O-])c1cc([N+](=O)[O-])c(O)c([N+](=O)[O-])c1. The summed E-state index contributed by atoms with van der Waals surface area (Å²) in [4.78, 5) is 30.2. The lowest BCUT2D eigenvalue weighted by molar-refractivity contribution is -0.404. The van der Waals surface area contributed by atoms with Crippen molar-refractivity contribution < 1.29 is 38.8 Å². The van der Waals surface area contributed by atoms with Gasteiger partial charge in [-0.2, -0.15) is 0 Å². The third kappa shape index (κ3) is 9.37. The number of ether oxygens (including phenoxy) is 4. The Morgan fingerprint density at radius 1 is 0.667 bits per heavy atom. The van der Waals surface area contributed by atoms with Crippen LogP contribution in [0.2, 0.25) is 0 Å². The lowest BCUT2D eigenvalue weighted by Gasteiger charge is -2.35. The molecule has 0 bridgehead atoms. The van der Waals surface area contributed by atoms with Crippen molar-refractivity contribution in [2.24, 2.45) is 0 Å². The molecule has 5 aromatic rings. The maximum atomic E-state index is 10.4. The number of phenols is 1. The van der Waals surface area contributed by atoms with Gasteiger partial charge >= 0.3 is 11.4 Å². The van der Waals surface area contributed by atoms with E-state index in [-0.39, 0.29) is 6.04 Å². The Labute approximate surface area is 310 Å². The summed E-state index contributed by atoms with van der Waals surface area (Å²) >= 11 is 0. The molecule has 1 aliphatic rings. The summed E-state index contributed by atoms with van der Waals surface area (Å²) in [5, 5.41) is 40.2. The molecule has 0 saturated carbocycles. The normalized spacial score (nSPS) is 13.4. The first kappa shape index (κ1) is 38.5. The van der Waals surface area contributed by atoms with Gasteiger partial charge in [0.1, 0.15) is 13.2 Å². The highest BCUT2D eigenvalue weighted by atomic mass is 16.6. The van der Waals surface area contributed by atoms with Gasteiger partial charge in [-0.15, -0.1) is 0 Å². The maximum Gasteiger partial charge on any atom is 0.324 e. The third-order valence-corrected chi connectivity index (χ3v) is 8.84. The first-order valence-electron chi connectivity index (χ1n) is 16.7. The smallest absolute Gasteiger partial charge is 0.324 e. The summed E-state index contributed by atoms with van der Waals surface area (Å²) in [5.41, 5.74) is 3.04. The second kappa shape index (κ2) is 17.7. The van der Waals surface area contributed by atoms with Crippen LogP contribution >= 0.6 is 0 Å². The minimum absolute atomic E-state index is 0.207. The van der Waals surface area contributed by atoms with Crippen LogP contribution in [0.4, 0.5) is 17.1 Å². The predicted molar refractivity (Wildman–Crippen MR) is 198 cm³/mol. The minimum Gasteiger partial charge on any atom is -0.497 e. The number of nitro benzene ring substituents is 3. The van der Waals surface area contributed by atoms with Crippen molar-refractivity contribution in [1.29, 1.82) is 0 Å². The molecule has 5 aromatic carbocycles. The van der Waals surface area contributed by atoms with Gasteiger partial charge in [0, 0.05) is 12.6 Å². The van der Waals surface area contributed by atoms with E-state index in [1.807, 2.05) is 42.5 Å². The number of hydrogen-bond acceptors (Lipinski definition) is 12.